The standard InChI is InChI=1S/C9H9NO5S/c1-15-6-7(12)10-5(9(13)14)4(2-11)3-16-8(6)10/h5-6,8H,3H2,1H3,(H,13,14)/t5?,6?,8-/m0/s1. The van der Waals surface area contributed by atoms with E-state index >= 15 is 0 Å². The Morgan fingerprint density at radius 1 is 1.69 bits per heavy atom. The lowest BCUT2D eigenvalue weighted by Gasteiger charge is -2.50. The van der Waals surface area contributed by atoms with Crippen molar-refractivity contribution in [3.63, 3.8) is 0 Å². The van der Waals surface area contributed by atoms with Crippen LogP contribution in [0.5, 0.6) is 0 Å². The molecule has 0 aromatic heterocycles. The topological polar surface area (TPSA) is 83.9 Å². The lowest BCUT2D eigenvalue weighted by Crippen LogP contribution is -2.70. The molecule has 6 nitrogen and oxygen atoms in total. The van der Waals surface area contributed by atoms with Crippen molar-refractivity contribution in [2.24, 2.45) is 0 Å². The molecule has 2 fully saturated rings. The lowest BCUT2D eigenvalue weighted by atomic mass is 10.0. The highest BCUT2D eigenvalue weighted by atomic mass is 32.2. The second-order valence-electron chi connectivity index (χ2n) is 3.47. The molecule has 3 atom stereocenters. The molecule has 2 heterocycles. The number of ether oxygens (including phenoxy) is 1. The highest BCUT2D eigenvalue weighted by Crippen LogP contribution is 2.40. The average molecular weight is 243 g/mol. The summed E-state index contributed by atoms with van der Waals surface area (Å²) in [6.07, 6.45) is -0.597. The largest absolute Gasteiger partial charge is 0.479 e. The van der Waals surface area contributed by atoms with Crippen molar-refractivity contribution in [1.29, 1.82) is 0 Å². The molecule has 0 aromatic rings. The Bertz CT molecular complexity index is 403. The van der Waals surface area contributed by atoms with E-state index in [9.17, 15) is 14.4 Å². The molecule has 16 heavy (non-hydrogen) atoms. The number of carboxylic acid groups (broad SMARTS) is 1. The molecule has 0 aromatic carbocycles. The molecular weight excluding hydrogens is 234 g/mol. The van der Waals surface area contributed by atoms with Gasteiger partial charge in [-0.1, -0.05) is 0 Å². The number of aliphatic carboxylic acids is 1. The van der Waals surface area contributed by atoms with E-state index in [0.29, 0.717) is 0 Å². The van der Waals surface area contributed by atoms with Gasteiger partial charge in [-0.25, -0.2) is 9.59 Å². The number of amides is 1. The van der Waals surface area contributed by atoms with Gasteiger partial charge in [-0.15, -0.1) is 11.8 Å². The minimum absolute atomic E-state index is 0.0941. The van der Waals surface area contributed by atoms with Gasteiger partial charge < -0.3 is 14.7 Å². The predicted octanol–water partition coefficient (Wildman–Crippen LogP) is -0.872. The summed E-state index contributed by atoms with van der Waals surface area (Å²) in [6, 6.07) is -1.18. The van der Waals surface area contributed by atoms with Crippen LogP contribution in [0.1, 0.15) is 0 Å². The third kappa shape index (κ3) is 1.36. The Morgan fingerprint density at radius 2 is 2.38 bits per heavy atom. The van der Waals surface area contributed by atoms with Crippen molar-refractivity contribution >= 4 is 29.6 Å². The summed E-state index contributed by atoms with van der Waals surface area (Å²) in [5.41, 5.74) is 0.0941. The van der Waals surface area contributed by atoms with Crippen LogP contribution in [0.2, 0.25) is 0 Å². The van der Waals surface area contributed by atoms with Crippen LogP contribution >= 0.6 is 11.8 Å². The number of carboxylic acids is 1. The quantitative estimate of drug-likeness (QED) is 0.501. The summed E-state index contributed by atoms with van der Waals surface area (Å²) in [6.45, 7) is 0. The van der Waals surface area contributed by atoms with Gasteiger partial charge in [0.25, 0.3) is 5.91 Å². The number of methoxy groups -OCH3 is 1. The second-order valence-corrected chi connectivity index (χ2v) is 4.58. The zero-order valence-electron chi connectivity index (χ0n) is 8.37. The first kappa shape index (κ1) is 11.2. The molecule has 2 unspecified atom stereocenters. The minimum atomic E-state index is -1.20. The van der Waals surface area contributed by atoms with E-state index < -0.39 is 18.1 Å². The smallest absolute Gasteiger partial charge is 0.331 e. The van der Waals surface area contributed by atoms with Gasteiger partial charge in [0, 0.05) is 12.9 Å². The highest BCUT2D eigenvalue weighted by Gasteiger charge is 2.56. The Morgan fingerprint density at radius 3 is 2.88 bits per heavy atom. The number of carbonyl (C=O) groups excluding carboxylic acids is 2. The van der Waals surface area contributed by atoms with E-state index in [1.807, 2.05) is 0 Å². The molecule has 1 N–H and O–H groups in total. The Kier molecular flexibility index (Phi) is 2.75. The van der Waals surface area contributed by atoms with E-state index in [1.165, 1.54) is 23.8 Å². The molecule has 86 valence electrons. The summed E-state index contributed by atoms with van der Waals surface area (Å²) in [7, 11) is 1.40. The zero-order chi connectivity index (χ0) is 11.9. The van der Waals surface area contributed by atoms with Gasteiger partial charge in [0.05, 0.1) is 5.57 Å². The molecule has 2 rings (SSSR count). The maximum Gasteiger partial charge on any atom is 0.331 e. The first-order valence-electron chi connectivity index (χ1n) is 4.55. The van der Waals surface area contributed by atoms with E-state index in [0.717, 1.165) is 0 Å². The van der Waals surface area contributed by atoms with Gasteiger partial charge >= 0.3 is 5.97 Å². The SMILES string of the molecule is COC1C(=O)N2C(C(=O)O)C(=C=O)CS[C@@H]12. The van der Waals surface area contributed by atoms with Gasteiger partial charge in [0.2, 0.25) is 0 Å². The summed E-state index contributed by atoms with van der Waals surface area (Å²) in [5, 5.41) is 8.69. The van der Waals surface area contributed by atoms with E-state index in [4.69, 9.17) is 9.84 Å². The fourth-order valence-corrected chi connectivity index (χ4v) is 3.25. The number of hydrogen-bond donors (Lipinski definition) is 1. The minimum Gasteiger partial charge on any atom is -0.479 e. The van der Waals surface area contributed by atoms with Crippen LogP contribution in [0.4, 0.5) is 0 Å². The van der Waals surface area contributed by atoms with Crippen molar-refractivity contribution in [2.75, 3.05) is 12.9 Å². The first-order valence-corrected chi connectivity index (χ1v) is 5.60. The van der Waals surface area contributed by atoms with Crippen LogP contribution in [0.25, 0.3) is 0 Å². The Hall–Kier alpha value is -1.30. The first-order chi connectivity index (χ1) is 7.61. The fraction of sp³-hybridized carbons (Fsp3) is 0.556. The van der Waals surface area contributed by atoms with Crippen LogP contribution in [-0.2, 0) is 19.1 Å². The van der Waals surface area contributed by atoms with E-state index in [1.54, 1.807) is 5.94 Å². The van der Waals surface area contributed by atoms with Gasteiger partial charge in [0.1, 0.15) is 11.3 Å². The van der Waals surface area contributed by atoms with Crippen molar-refractivity contribution < 1.29 is 24.2 Å². The van der Waals surface area contributed by atoms with E-state index in [2.05, 4.69) is 0 Å². The van der Waals surface area contributed by atoms with Crippen LogP contribution in [0.15, 0.2) is 5.57 Å². The summed E-state index contributed by atoms with van der Waals surface area (Å²) >= 11 is 1.32. The molecule has 0 radical (unpaired) electrons. The van der Waals surface area contributed by atoms with Crippen molar-refractivity contribution in [3.05, 3.63) is 5.57 Å². The molecule has 0 saturated carbocycles. The lowest BCUT2D eigenvalue weighted by molar-refractivity contribution is -0.172. The van der Waals surface area contributed by atoms with Crippen LogP contribution < -0.4 is 0 Å². The monoisotopic (exact) mass is 243 g/mol. The molecule has 7 heteroatoms. The second kappa shape index (κ2) is 3.93. The molecule has 1 amide bonds. The fourth-order valence-electron chi connectivity index (χ4n) is 1.89. The number of fused-ring (bicyclic) bond motifs is 1. The molecule has 0 bridgehead atoms. The predicted molar refractivity (Wildman–Crippen MR) is 54.5 cm³/mol. The maximum atomic E-state index is 11.6. The molecule has 2 saturated heterocycles. The van der Waals surface area contributed by atoms with Gasteiger partial charge in [0.15, 0.2) is 12.1 Å². The van der Waals surface area contributed by atoms with Gasteiger partial charge in [-0.2, -0.15) is 0 Å². The van der Waals surface area contributed by atoms with Gasteiger partial charge in [-0.05, 0) is 0 Å². The number of nitrogens with zero attached hydrogens (tertiary/aromatic N) is 1. The Balaban J connectivity index is 2.30. The van der Waals surface area contributed by atoms with Crippen LogP contribution in [-0.4, -0.2) is 58.2 Å². The Labute approximate surface area is 95.2 Å². The zero-order valence-corrected chi connectivity index (χ0v) is 9.19. The molecule has 2 aliphatic rings. The van der Waals surface area contributed by atoms with Gasteiger partial charge in [-0.3, -0.25) is 4.79 Å². The summed E-state index contributed by atoms with van der Waals surface area (Å²) in [5.74, 6) is 0.285. The molecule has 2 aliphatic heterocycles. The number of rotatable bonds is 2. The summed E-state index contributed by atoms with van der Waals surface area (Å²) in [4.78, 5) is 34.4. The molecular formula is C9H9NO5S. The van der Waals surface area contributed by atoms with E-state index in [-0.39, 0.29) is 22.6 Å². The normalized spacial score (nSPS) is 32.8. The average Bonchev–Trinajstić information content (AvgIpc) is 2.27. The maximum absolute atomic E-state index is 11.6. The number of β-lactam (4-membered cyclic amide) rings is 1. The number of thioether (sulfide) groups is 1. The number of hydrogen-bond acceptors (Lipinski definition) is 5. The van der Waals surface area contributed by atoms with Crippen LogP contribution in [0, 0.1) is 0 Å². The van der Waals surface area contributed by atoms with Crippen molar-refractivity contribution in [2.45, 2.75) is 17.5 Å². The third-order valence-corrected chi connectivity index (χ3v) is 3.96. The summed E-state index contributed by atoms with van der Waals surface area (Å²) < 4.78 is 4.95. The highest BCUT2D eigenvalue weighted by molar-refractivity contribution is 8.00. The van der Waals surface area contributed by atoms with Crippen molar-refractivity contribution in [1.82, 2.24) is 4.90 Å². The number of carbonyl (C=O) groups is 2. The third-order valence-electron chi connectivity index (χ3n) is 2.67. The molecule has 0 spiro atoms. The van der Waals surface area contributed by atoms with Crippen LogP contribution in [0.3, 0.4) is 0 Å². The van der Waals surface area contributed by atoms with Crippen molar-refractivity contribution in [3.8, 4) is 0 Å². The molecule has 0 aliphatic carbocycles.